The van der Waals surface area contributed by atoms with Crippen molar-refractivity contribution in [3.63, 3.8) is 0 Å². The summed E-state index contributed by atoms with van der Waals surface area (Å²) in [6.07, 6.45) is 5.01. The van der Waals surface area contributed by atoms with E-state index < -0.39 is 0 Å². The summed E-state index contributed by atoms with van der Waals surface area (Å²) in [6.45, 7) is 0.837. The average Bonchev–Trinajstić information content (AvgIpc) is 2.78. The van der Waals surface area contributed by atoms with E-state index in [1.807, 2.05) is 18.5 Å². The first-order chi connectivity index (χ1) is 7.45. The maximum Gasteiger partial charge on any atom is 0.118 e. The highest BCUT2D eigenvalue weighted by molar-refractivity contribution is 5.71. The summed E-state index contributed by atoms with van der Waals surface area (Å²) < 4.78 is 5.56. The minimum atomic E-state index is 0.397. The standard InChI is InChI=1S/C13H13NO/c1-2-4-10(5-3-1)12-8-14-9-13-11(12)6-7-15-13/h1-5,8-9,11-12H,6-7H2. The number of nitrogens with zero attached hydrogens (tertiary/aromatic N) is 1. The van der Waals surface area contributed by atoms with Crippen LogP contribution < -0.4 is 0 Å². The average molecular weight is 199 g/mol. The Bertz CT molecular complexity index is 408. The summed E-state index contributed by atoms with van der Waals surface area (Å²) in [4.78, 5) is 4.27. The third-order valence-corrected chi connectivity index (χ3v) is 3.13. The highest BCUT2D eigenvalue weighted by Gasteiger charge is 2.32. The minimum Gasteiger partial charge on any atom is -0.496 e. The fourth-order valence-corrected chi connectivity index (χ4v) is 2.35. The molecule has 2 unspecified atom stereocenters. The van der Waals surface area contributed by atoms with Crippen LogP contribution in [0.3, 0.4) is 0 Å². The molecule has 0 spiro atoms. The smallest absolute Gasteiger partial charge is 0.118 e. The molecule has 76 valence electrons. The van der Waals surface area contributed by atoms with Gasteiger partial charge in [0.15, 0.2) is 0 Å². The quantitative estimate of drug-likeness (QED) is 0.681. The van der Waals surface area contributed by atoms with Crippen molar-refractivity contribution in [2.75, 3.05) is 6.61 Å². The molecule has 0 radical (unpaired) electrons. The van der Waals surface area contributed by atoms with Crippen LogP contribution in [0.2, 0.25) is 0 Å². The molecule has 2 aliphatic heterocycles. The monoisotopic (exact) mass is 199 g/mol. The first kappa shape index (κ1) is 8.72. The number of aliphatic imine (C=N–C) groups is 1. The molecule has 15 heavy (non-hydrogen) atoms. The van der Waals surface area contributed by atoms with Crippen LogP contribution in [0.1, 0.15) is 17.9 Å². The van der Waals surface area contributed by atoms with Gasteiger partial charge in [-0.2, -0.15) is 0 Å². The van der Waals surface area contributed by atoms with Crippen LogP contribution in [0.4, 0.5) is 0 Å². The second-order valence-corrected chi connectivity index (χ2v) is 4.01. The summed E-state index contributed by atoms with van der Waals surface area (Å²) in [6, 6.07) is 10.5. The molecule has 2 aliphatic rings. The second kappa shape index (κ2) is 3.54. The van der Waals surface area contributed by atoms with Gasteiger partial charge < -0.3 is 4.74 Å². The van der Waals surface area contributed by atoms with Crippen LogP contribution in [0.15, 0.2) is 47.3 Å². The minimum absolute atomic E-state index is 0.397. The van der Waals surface area contributed by atoms with Crippen molar-refractivity contribution in [3.8, 4) is 0 Å². The Balaban J connectivity index is 1.95. The third kappa shape index (κ3) is 1.46. The van der Waals surface area contributed by atoms with Gasteiger partial charge in [-0.25, -0.2) is 0 Å². The van der Waals surface area contributed by atoms with Crippen molar-refractivity contribution in [3.05, 3.63) is 47.9 Å². The van der Waals surface area contributed by atoms with E-state index in [-0.39, 0.29) is 0 Å². The Morgan fingerprint density at radius 2 is 2.07 bits per heavy atom. The Hall–Kier alpha value is -1.57. The van der Waals surface area contributed by atoms with E-state index in [2.05, 4.69) is 29.3 Å². The SMILES string of the molecule is C1=NC=C2OCCC2C1c1ccccc1. The molecule has 1 fully saturated rings. The van der Waals surface area contributed by atoms with Crippen LogP contribution >= 0.6 is 0 Å². The third-order valence-electron chi connectivity index (χ3n) is 3.13. The summed E-state index contributed by atoms with van der Waals surface area (Å²) in [5.74, 6) is 1.96. The summed E-state index contributed by atoms with van der Waals surface area (Å²) in [5, 5.41) is 0. The van der Waals surface area contributed by atoms with Crippen LogP contribution in [0.25, 0.3) is 0 Å². The lowest BCUT2D eigenvalue weighted by atomic mass is 9.84. The molecule has 0 bridgehead atoms. The Labute approximate surface area is 89.3 Å². The van der Waals surface area contributed by atoms with Gasteiger partial charge in [0.1, 0.15) is 5.76 Å². The lowest BCUT2D eigenvalue weighted by Gasteiger charge is -2.21. The van der Waals surface area contributed by atoms with Crippen LogP contribution in [-0.4, -0.2) is 12.8 Å². The van der Waals surface area contributed by atoms with Gasteiger partial charge in [-0.05, 0) is 12.0 Å². The molecule has 0 aromatic heterocycles. The number of benzene rings is 1. The first-order valence-corrected chi connectivity index (χ1v) is 5.36. The molecule has 1 aromatic carbocycles. The van der Waals surface area contributed by atoms with E-state index in [4.69, 9.17) is 4.74 Å². The van der Waals surface area contributed by atoms with Gasteiger partial charge in [-0.3, -0.25) is 4.99 Å². The predicted octanol–water partition coefficient (Wildman–Crippen LogP) is 2.73. The maximum atomic E-state index is 5.56. The van der Waals surface area contributed by atoms with Gasteiger partial charge in [0.25, 0.3) is 0 Å². The molecule has 0 amide bonds. The van der Waals surface area contributed by atoms with Crippen LogP contribution in [-0.2, 0) is 4.74 Å². The number of ether oxygens (including phenoxy) is 1. The molecule has 1 aromatic rings. The van der Waals surface area contributed by atoms with Gasteiger partial charge in [0.2, 0.25) is 0 Å². The Kier molecular flexibility index (Phi) is 2.05. The van der Waals surface area contributed by atoms with Gasteiger partial charge in [-0.1, -0.05) is 30.3 Å². The molecule has 0 aliphatic carbocycles. The van der Waals surface area contributed by atoms with E-state index in [0.717, 1.165) is 18.8 Å². The molecule has 2 atom stereocenters. The van der Waals surface area contributed by atoms with E-state index in [1.165, 1.54) is 5.56 Å². The van der Waals surface area contributed by atoms with Crippen molar-refractivity contribution in [2.45, 2.75) is 12.3 Å². The van der Waals surface area contributed by atoms with E-state index in [9.17, 15) is 0 Å². The predicted molar refractivity (Wildman–Crippen MR) is 59.8 cm³/mol. The number of allylic oxidation sites excluding steroid dienone is 1. The molecule has 0 saturated carbocycles. The van der Waals surface area contributed by atoms with Crippen molar-refractivity contribution in [1.82, 2.24) is 0 Å². The molecule has 2 nitrogen and oxygen atoms in total. The van der Waals surface area contributed by atoms with Crippen LogP contribution in [0, 0.1) is 5.92 Å². The lowest BCUT2D eigenvalue weighted by molar-refractivity contribution is 0.256. The largest absolute Gasteiger partial charge is 0.496 e. The van der Waals surface area contributed by atoms with E-state index in [0.29, 0.717) is 11.8 Å². The van der Waals surface area contributed by atoms with Gasteiger partial charge in [0.05, 0.1) is 12.8 Å². The lowest BCUT2D eigenvalue weighted by Crippen LogP contribution is -2.15. The zero-order chi connectivity index (χ0) is 10.1. The zero-order valence-corrected chi connectivity index (χ0v) is 8.47. The van der Waals surface area contributed by atoms with Crippen molar-refractivity contribution in [2.24, 2.45) is 10.9 Å². The van der Waals surface area contributed by atoms with Gasteiger partial charge >= 0.3 is 0 Å². The highest BCUT2D eigenvalue weighted by atomic mass is 16.5. The molecular formula is C13H13NO. The topological polar surface area (TPSA) is 21.6 Å². The molecule has 2 heteroatoms. The summed E-state index contributed by atoms with van der Waals surface area (Å²) in [5.41, 5.74) is 1.34. The summed E-state index contributed by atoms with van der Waals surface area (Å²) >= 11 is 0. The molecular weight excluding hydrogens is 186 g/mol. The Morgan fingerprint density at radius 3 is 2.93 bits per heavy atom. The van der Waals surface area contributed by atoms with Crippen molar-refractivity contribution >= 4 is 6.21 Å². The van der Waals surface area contributed by atoms with Gasteiger partial charge in [0, 0.05) is 18.1 Å². The van der Waals surface area contributed by atoms with Crippen LogP contribution in [0.5, 0.6) is 0 Å². The first-order valence-electron chi connectivity index (χ1n) is 5.36. The zero-order valence-electron chi connectivity index (χ0n) is 8.47. The van der Waals surface area contributed by atoms with Crippen molar-refractivity contribution < 1.29 is 4.74 Å². The number of fused-ring (bicyclic) bond motifs is 1. The molecule has 0 N–H and O–H groups in total. The maximum absolute atomic E-state index is 5.56. The molecule has 1 saturated heterocycles. The Morgan fingerprint density at radius 1 is 1.20 bits per heavy atom. The molecule has 2 heterocycles. The normalized spacial score (nSPS) is 28.1. The van der Waals surface area contributed by atoms with Gasteiger partial charge in [-0.15, -0.1) is 0 Å². The number of hydrogen-bond acceptors (Lipinski definition) is 2. The number of rotatable bonds is 1. The fraction of sp³-hybridized carbons (Fsp3) is 0.308. The highest BCUT2D eigenvalue weighted by Crippen LogP contribution is 2.38. The summed E-state index contributed by atoms with van der Waals surface area (Å²) in [7, 11) is 0. The molecule has 3 rings (SSSR count). The van der Waals surface area contributed by atoms with E-state index >= 15 is 0 Å². The van der Waals surface area contributed by atoms with E-state index in [1.54, 1.807) is 0 Å². The fourth-order valence-electron chi connectivity index (χ4n) is 2.35. The number of hydrogen-bond donors (Lipinski definition) is 0. The second-order valence-electron chi connectivity index (χ2n) is 4.01. The van der Waals surface area contributed by atoms with Crippen molar-refractivity contribution in [1.29, 1.82) is 0 Å².